The van der Waals surface area contributed by atoms with Gasteiger partial charge in [0.15, 0.2) is 0 Å². The third kappa shape index (κ3) is 3.20. The minimum absolute atomic E-state index is 0.111. The van der Waals surface area contributed by atoms with Gasteiger partial charge in [-0.25, -0.2) is 0 Å². The summed E-state index contributed by atoms with van der Waals surface area (Å²) in [6.45, 7) is 2.23. The molecule has 3 rings (SSSR count). The van der Waals surface area contributed by atoms with Gasteiger partial charge in [0.25, 0.3) is 5.91 Å². The smallest absolute Gasteiger partial charge is 0.258 e. The first-order chi connectivity index (χ1) is 11.1. The Labute approximate surface area is 140 Å². The third-order valence-corrected chi connectivity index (χ3v) is 5.63. The lowest BCUT2D eigenvalue weighted by atomic mass is 9.85. The first kappa shape index (κ1) is 15.9. The fourth-order valence-corrected chi connectivity index (χ4v) is 4.37. The molecule has 1 atom stereocenters. The molecule has 0 bridgehead atoms. The van der Waals surface area contributed by atoms with Crippen LogP contribution in [0.4, 0.5) is 10.7 Å². The van der Waals surface area contributed by atoms with Gasteiger partial charge in [-0.3, -0.25) is 4.79 Å². The fraction of sp³-hybridized carbons (Fsp3) is 0.389. The van der Waals surface area contributed by atoms with Crippen molar-refractivity contribution in [1.82, 2.24) is 0 Å². The Bertz CT molecular complexity index is 707. The van der Waals surface area contributed by atoms with Crippen LogP contribution in [0.5, 0.6) is 5.75 Å². The zero-order valence-corrected chi connectivity index (χ0v) is 14.3. The van der Waals surface area contributed by atoms with Crippen molar-refractivity contribution < 1.29 is 9.53 Å². The van der Waals surface area contributed by atoms with Gasteiger partial charge in [0.2, 0.25) is 0 Å². The highest BCUT2D eigenvalue weighted by Crippen LogP contribution is 2.39. The second-order valence-electron chi connectivity index (χ2n) is 5.94. The highest BCUT2D eigenvalue weighted by molar-refractivity contribution is 7.16. The van der Waals surface area contributed by atoms with Crippen LogP contribution in [0.25, 0.3) is 0 Å². The van der Waals surface area contributed by atoms with Crippen LogP contribution in [0, 0.1) is 5.92 Å². The van der Waals surface area contributed by atoms with Gasteiger partial charge < -0.3 is 15.8 Å². The van der Waals surface area contributed by atoms with Crippen LogP contribution < -0.4 is 15.8 Å². The van der Waals surface area contributed by atoms with Crippen molar-refractivity contribution in [2.45, 2.75) is 32.6 Å². The molecule has 0 saturated carbocycles. The number of amides is 1. The number of methoxy groups -OCH3 is 1. The number of ether oxygens (including phenoxy) is 1. The van der Waals surface area contributed by atoms with Crippen LogP contribution in [0.1, 0.15) is 40.6 Å². The van der Waals surface area contributed by atoms with E-state index in [0.717, 1.165) is 42.2 Å². The van der Waals surface area contributed by atoms with E-state index in [9.17, 15) is 4.79 Å². The minimum Gasteiger partial charge on any atom is -0.497 e. The molecule has 0 spiro atoms. The van der Waals surface area contributed by atoms with Crippen molar-refractivity contribution in [2.75, 3.05) is 18.2 Å². The van der Waals surface area contributed by atoms with Crippen molar-refractivity contribution in [3.05, 3.63) is 40.3 Å². The average Bonchev–Trinajstić information content (AvgIpc) is 2.90. The Morgan fingerprint density at radius 3 is 2.78 bits per heavy atom. The van der Waals surface area contributed by atoms with Gasteiger partial charge in [-0.05, 0) is 55.0 Å². The maximum Gasteiger partial charge on any atom is 0.258 e. The van der Waals surface area contributed by atoms with E-state index in [-0.39, 0.29) is 5.91 Å². The molecule has 0 aliphatic heterocycles. The molecule has 1 amide bonds. The maximum absolute atomic E-state index is 12.7. The number of nitrogens with one attached hydrogen (secondary N) is 1. The normalized spacial score (nSPS) is 16.7. The second-order valence-corrected chi connectivity index (χ2v) is 7.08. The van der Waals surface area contributed by atoms with Crippen LogP contribution >= 0.6 is 11.3 Å². The Morgan fingerprint density at radius 1 is 1.39 bits per heavy atom. The average molecular weight is 330 g/mol. The first-order valence-corrected chi connectivity index (χ1v) is 8.79. The van der Waals surface area contributed by atoms with E-state index in [0.29, 0.717) is 10.6 Å². The van der Waals surface area contributed by atoms with E-state index in [1.54, 1.807) is 18.4 Å². The van der Waals surface area contributed by atoms with Gasteiger partial charge in [-0.2, -0.15) is 0 Å². The quantitative estimate of drug-likeness (QED) is 0.887. The summed E-state index contributed by atoms with van der Waals surface area (Å²) in [5.74, 6) is 1.37. The largest absolute Gasteiger partial charge is 0.497 e. The summed E-state index contributed by atoms with van der Waals surface area (Å²) in [5.41, 5.74) is 8.73. The topological polar surface area (TPSA) is 64.4 Å². The zero-order chi connectivity index (χ0) is 16.4. The summed E-state index contributed by atoms with van der Waals surface area (Å²) in [7, 11) is 1.62. The van der Waals surface area contributed by atoms with Crippen LogP contribution in [-0.2, 0) is 12.8 Å². The fourth-order valence-electron chi connectivity index (χ4n) is 3.14. The van der Waals surface area contributed by atoms with Gasteiger partial charge in [0.1, 0.15) is 5.75 Å². The van der Waals surface area contributed by atoms with Crippen molar-refractivity contribution in [3.63, 3.8) is 0 Å². The molecule has 23 heavy (non-hydrogen) atoms. The van der Waals surface area contributed by atoms with E-state index in [2.05, 4.69) is 12.2 Å². The summed E-state index contributed by atoms with van der Waals surface area (Å²) in [4.78, 5) is 13.9. The molecule has 0 saturated heterocycles. The first-order valence-electron chi connectivity index (χ1n) is 7.97. The number of hydrogen-bond acceptors (Lipinski definition) is 4. The molecule has 0 fully saturated rings. The summed E-state index contributed by atoms with van der Waals surface area (Å²) >= 11 is 1.58. The summed E-state index contributed by atoms with van der Waals surface area (Å²) in [5, 5.41) is 3.58. The van der Waals surface area contributed by atoms with Gasteiger partial charge in [0.05, 0.1) is 17.7 Å². The number of carbonyl (C=O) groups is 1. The third-order valence-electron chi connectivity index (χ3n) is 4.55. The van der Waals surface area contributed by atoms with E-state index in [1.807, 2.05) is 24.3 Å². The number of nitrogen functional groups attached to an aromatic ring is 1. The zero-order valence-electron chi connectivity index (χ0n) is 13.5. The molecule has 2 aromatic rings. The predicted octanol–water partition coefficient (Wildman–Crippen LogP) is 4.11. The number of nitrogens with two attached hydrogens (primary N) is 1. The summed E-state index contributed by atoms with van der Waals surface area (Å²) in [6, 6.07) is 7.32. The maximum atomic E-state index is 12.7. The Hall–Kier alpha value is -2.01. The molecular formula is C18H22N2O2S. The lowest BCUT2D eigenvalue weighted by Gasteiger charge is -2.21. The molecule has 1 aliphatic rings. The molecule has 1 heterocycles. The van der Waals surface area contributed by atoms with Crippen LogP contribution in [0.2, 0.25) is 0 Å². The monoisotopic (exact) mass is 330 g/mol. The molecule has 4 nitrogen and oxygen atoms in total. The van der Waals surface area contributed by atoms with Crippen LogP contribution in [-0.4, -0.2) is 13.0 Å². The van der Waals surface area contributed by atoms with Gasteiger partial charge in [-0.1, -0.05) is 13.3 Å². The number of hydrogen-bond donors (Lipinski definition) is 2. The standard InChI is InChI=1S/C18H22N2O2S/c1-3-11-4-9-14-15(10-11)23-17(19)16(14)18(21)20-12-5-7-13(22-2)8-6-12/h5-8,11H,3-4,9-10,19H2,1-2H3,(H,20,21). The SMILES string of the molecule is CCC1CCc2c(sc(N)c2C(=O)Nc2ccc(OC)cc2)C1. The lowest BCUT2D eigenvalue weighted by molar-refractivity contribution is 0.102. The summed E-state index contributed by atoms with van der Waals surface area (Å²) < 4.78 is 5.13. The van der Waals surface area contributed by atoms with Crippen molar-refractivity contribution in [2.24, 2.45) is 5.92 Å². The van der Waals surface area contributed by atoms with Crippen molar-refractivity contribution >= 4 is 27.9 Å². The predicted molar refractivity (Wildman–Crippen MR) is 95.5 cm³/mol. The van der Waals surface area contributed by atoms with Crippen LogP contribution in [0.3, 0.4) is 0 Å². The number of rotatable bonds is 4. The number of thiophene rings is 1. The molecule has 1 aromatic carbocycles. The highest BCUT2D eigenvalue weighted by Gasteiger charge is 2.27. The molecule has 122 valence electrons. The van der Waals surface area contributed by atoms with Gasteiger partial charge in [0, 0.05) is 10.6 Å². The Morgan fingerprint density at radius 2 is 2.13 bits per heavy atom. The molecule has 0 radical (unpaired) electrons. The number of carbonyl (C=O) groups excluding carboxylic acids is 1. The van der Waals surface area contributed by atoms with Gasteiger partial charge >= 0.3 is 0 Å². The minimum atomic E-state index is -0.111. The van der Waals surface area contributed by atoms with E-state index < -0.39 is 0 Å². The summed E-state index contributed by atoms with van der Waals surface area (Å²) in [6.07, 6.45) is 4.33. The molecular weight excluding hydrogens is 308 g/mol. The Balaban J connectivity index is 1.81. The second kappa shape index (κ2) is 6.62. The Kier molecular flexibility index (Phi) is 4.57. The van der Waals surface area contributed by atoms with E-state index >= 15 is 0 Å². The number of anilines is 2. The van der Waals surface area contributed by atoms with Crippen molar-refractivity contribution in [1.29, 1.82) is 0 Å². The van der Waals surface area contributed by atoms with Gasteiger partial charge in [-0.15, -0.1) is 11.3 Å². The van der Waals surface area contributed by atoms with E-state index in [4.69, 9.17) is 10.5 Å². The highest BCUT2D eigenvalue weighted by atomic mass is 32.1. The van der Waals surface area contributed by atoms with Crippen LogP contribution in [0.15, 0.2) is 24.3 Å². The molecule has 1 aliphatic carbocycles. The molecule has 1 unspecified atom stereocenters. The molecule has 3 N–H and O–H groups in total. The van der Waals surface area contributed by atoms with E-state index in [1.165, 1.54) is 11.3 Å². The number of benzene rings is 1. The molecule has 5 heteroatoms. The molecule has 1 aromatic heterocycles. The van der Waals surface area contributed by atoms with Crippen molar-refractivity contribution in [3.8, 4) is 5.75 Å². The lowest BCUT2D eigenvalue weighted by Crippen LogP contribution is -2.18. The number of fused-ring (bicyclic) bond motifs is 1.